The second kappa shape index (κ2) is 5.23. The molecule has 1 N–H and O–H groups in total. The fraction of sp³-hybridized carbons (Fsp3) is 0.750. The topological polar surface area (TPSA) is 38.0 Å². The summed E-state index contributed by atoms with van der Waals surface area (Å²) in [5.41, 5.74) is 1.12. The molecule has 0 amide bonds. The van der Waals surface area contributed by atoms with Crippen LogP contribution in [0.25, 0.3) is 0 Å². The van der Waals surface area contributed by atoms with Gasteiger partial charge in [0.05, 0.1) is 11.8 Å². The second-order valence-corrected chi connectivity index (χ2v) is 5.69. The zero-order chi connectivity index (χ0) is 11.5. The van der Waals surface area contributed by atoms with E-state index in [4.69, 9.17) is 0 Å². The van der Waals surface area contributed by atoms with E-state index in [0.29, 0.717) is 12.0 Å². The number of nitrogens with zero attached hydrogens (tertiary/aromatic N) is 2. The lowest BCUT2D eigenvalue weighted by Crippen LogP contribution is -2.20. The Morgan fingerprint density at radius 3 is 3.06 bits per heavy atom. The maximum Gasteiger partial charge on any atom is 0.0670 e. The summed E-state index contributed by atoms with van der Waals surface area (Å²) in [5.74, 6) is 2.35. The van der Waals surface area contributed by atoms with Crippen molar-refractivity contribution in [3.05, 3.63) is 18.0 Å². The van der Waals surface area contributed by atoms with Crippen LogP contribution in [0.5, 0.6) is 0 Å². The fourth-order valence-corrected chi connectivity index (χ4v) is 3.26. The van der Waals surface area contributed by atoms with Gasteiger partial charge < -0.3 is 5.11 Å². The normalized spacial score (nSPS) is 27.2. The van der Waals surface area contributed by atoms with Gasteiger partial charge in [-0.3, -0.25) is 4.68 Å². The molecule has 4 heteroatoms. The Balaban J connectivity index is 1.97. The molecule has 3 atom stereocenters. The molecule has 0 aromatic carbocycles. The fourth-order valence-electron chi connectivity index (χ4n) is 1.97. The van der Waals surface area contributed by atoms with E-state index in [1.807, 2.05) is 16.4 Å². The van der Waals surface area contributed by atoms with Crippen LogP contribution in [0.1, 0.15) is 32.0 Å². The minimum atomic E-state index is -0.140. The SMILES string of the molecule is CCC(C)n1ccc(CC2CSCC2O)n1. The van der Waals surface area contributed by atoms with Gasteiger partial charge in [-0.05, 0) is 31.6 Å². The molecule has 0 saturated carbocycles. The molecule has 3 nitrogen and oxygen atoms in total. The van der Waals surface area contributed by atoms with E-state index in [1.165, 1.54) is 0 Å². The zero-order valence-corrected chi connectivity index (χ0v) is 10.8. The predicted molar refractivity (Wildman–Crippen MR) is 67.8 cm³/mol. The van der Waals surface area contributed by atoms with Gasteiger partial charge in [0.15, 0.2) is 0 Å². The average Bonchev–Trinajstić information content (AvgIpc) is 2.89. The van der Waals surface area contributed by atoms with Crippen LogP contribution in [0, 0.1) is 5.92 Å². The first-order valence-electron chi connectivity index (χ1n) is 6.00. The third-order valence-corrected chi connectivity index (χ3v) is 4.58. The van der Waals surface area contributed by atoms with Gasteiger partial charge in [-0.15, -0.1) is 0 Å². The summed E-state index contributed by atoms with van der Waals surface area (Å²) >= 11 is 1.84. The van der Waals surface area contributed by atoms with Crippen molar-refractivity contribution in [2.24, 2.45) is 5.92 Å². The Morgan fingerprint density at radius 2 is 2.44 bits per heavy atom. The van der Waals surface area contributed by atoms with Crippen molar-refractivity contribution in [3.8, 4) is 0 Å². The largest absolute Gasteiger partial charge is 0.392 e. The lowest BCUT2D eigenvalue weighted by molar-refractivity contribution is 0.149. The number of aliphatic hydroxyl groups is 1. The number of hydrogen-bond donors (Lipinski definition) is 1. The van der Waals surface area contributed by atoms with Crippen molar-refractivity contribution in [2.45, 2.75) is 38.8 Å². The standard InChI is InChI=1S/C12H20N2OS/c1-3-9(2)14-5-4-11(13-14)6-10-7-16-8-12(10)15/h4-5,9-10,12,15H,3,6-8H2,1-2H3. The van der Waals surface area contributed by atoms with Crippen LogP contribution >= 0.6 is 11.8 Å². The lowest BCUT2D eigenvalue weighted by Gasteiger charge is -2.12. The van der Waals surface area contributed by atoms with Gasteiger partial charge in [-0.25, -0.2) is 0 Å². The molecule has 0 radical (unpaired) electrons. The first kappa shape index (κ1) is 12.0. The highest BCUT2D eigenvalue weighted by Gasteiger charge is 2.26. The molecule has 0 aliphatic carbocycles. The zero-order valence-electron chi connectivity index (χ0n) is 9.97. The predicted octanol–water partition coefficient (Wildman–Crippen LogP) is 2.12. The van der Waals surface area contributed by atoms with Gasteiger partial charge in [0.1, 0.15) is 0 Å². The molecule has 16 heavy (non-hydrogen) atoms. The molecule has 0 spiro atoms. The summed E-state index contributed by atoms with van der Waals surface area (Å²) in [7, 11) is 0. The Kier molecular flexibility index (Phi) is 3.92. The number of thioether (sulfide) groups is 1. The highest BCUT2D eigenvalue weighted by molar-refractivity contribution is 7.99. The Bertz CT molecular complexity index is 340. The van der Waals surface area contributed by atoms with Crippen LogP contribution in [0.4, 0.5) is 0 Å². The van der Waals surface area contributed by atoms with E-state index in [-0.39, 0.29) is 6.10 Å². The Morgan fingerprint density at radius 1 is 1.62 bits per heavy atom. The van der Waals surface area contributed by atoms with Crippen molar-refractivity contribution in [3.63, 3.8) is 0 Å². The minimum absolute atomic E-state index is 0.140. The molecule has 2 rings (SSSR count). The third kappa shape index (κ3) is 2.61. The van der Waals surface area contributed by atoms with E-state index in [2.05, 4.69) is 31.2 Å². The van der Waals surface area contributed by atoms with Crippen LogP contribution in [-0.4, -0.2) is 32.5 Å². The van der Waals surface area contributed by atoms with E-state index >= 15 is 0 Å². The molecule has 0 bridgehead atoms. The molecule has 1 aromatic rings. The van der Waals surface area contributed by atoms with E-state index in [9.17, 15) is 5.11 Å². The quantitative estimate of drug-likeness (QED) is 0.876. The van der Waals surface area contributed by atoms with Crippen molar-refractivity contribution < 1.29 is 5.11 Å². The summed E-state index contributed by atoms with van der Waals surface area (Å²) < 4.78 is 2.03. The molecule has 1 aliphatic rings. The Labute approximate surface area is 101 Å². The van der Waals surface area contributed by atoms with Crippen LogP contribution < -0.4 is 0 Å². The molecule has 1 aromatic heterocycles. The molecule has 1 fully saturated rings. The molecule has 1 saturated heterocycles. The van der Waals surface area contributed by atoms with Gasteiger partial charge in [0.25, 0.3) is 0 Å². The second-order valence-electron chi connectivity index (χ2n) is 4.61. The van der Waals surface area contributed by atoms with Gasteiger partial charge >= 0.3 is 0 Å². The number of aromatic nitrogens is 2. The minimum Gasteiger partial charge on any atom is -0.392 e. The van der Waals surface area contributed by atoms with Gasteiger partial charge in [-0.2, -0.15) is 16.9 Å². The first-order valence-corrected chi connectivity index (χ1v) is 7.16. The molecule has 90 valence electrons. The third-order valence-electron chi connectivity index (χ3n) is 3.34. The maximum absolute atomic E-state index is 9.76. The summed E-state index contributed by atoms with van der Waals surface area (Å²) in [4.78, 5) is 0. The number of rotatable bonds is 4. The van der Waals surface area contributed by atoms with Gasteiger partial charge in [-0.1, -0.05) is 6.92 Å². The van der Waals surface area contributed by atoms with Crippen molar-refractivity contribution >= 4 is 11.8 Å². The van der Waals surface area contributed by atoms with Crippen molar-refractivity contribution in [1.29, 1.82) is 0 Å². The van der Waals surface area contributed by atoms with Crippen molar-refractivity contribution in [2.75, 3.05) is 11.5 Å². The Hall–Kier alpha value is -0.480. The highest BCUT2D eigenvalue weighted by Crippen LogP contribution is 2.26. The molecule has 3 unspecified atom stereocenters. The first-order chi connectivity index (χ1) is 7.70. The van der Waals surface area contributed by atoms with Crippen LogP contribution in [-0.2, 0) is 6.42 Å². The maximum atomic E-state index is 9.76. The summed E-state index contributed by atoms with van der Waals surface area (Å²) in [6, 6.07) is 2.55. The summed E-state index contributed by atoms with van der Waals surface area (Å²) in [5, 5.41) is 14.3. The molecule has 2 heterocycles. The van der Waals surface area contributed by atoms with Crippen molar-refractivity contribution in [1.82, 2.24) is 9.78 Å². The van der Waals surface area contributed by atoms with Crippen LogP contribution in [0.15, 0.2) is 12.3 Å². The molecule has 1 aliphatic heterocycles. The highest BCUT2D eigenvalue weighted by atomic mass is 32.2. The van der Waals surface area contributed by atoms with Crippen LogP contribution in [0.2, 0.25) is 0 Å². The summed E-state index contributed by atoms with van der Waals surface area (Å²) in [6.07, 6.45) is 3.93. The molecular formula is C12H20N2OS. The van der Waals surface area contributed by atoms with Crippen LogP contribution in [0.3, 0.4) is 0 Å². The number of aliphatic hydroxyl groups excluding tert-OH is 1. The average molecular weight is 240 g/mol. The molecular weight excluding hydrogens is 220 g/mol. The van der Waals surface area contributed by atoms with E-state index in [0.717, 1.165) is 30.0 Å². The monoisotopic (exact) mass is 240 g/mol. The van der Waals surface area contributed by atoms with E-state index in [1.54, 1.807) is 0 Å². The van der Waals surface area contributed by atoms with Gasteiger partial charge in [0.2, 0.25) is 0 Å². The van der Waals surface area contributed by atoms with Gasteiger partial charge in [0, 0.05) is 23.9 Å². The van der Waals surface area contributed by atoms with E-state index < -0.39 is 0 Å². The lowest BCUT2D eigenvalue weighted by atomic mass is 10.0. The summed E-state index contributed by atoms with van der Waals surface area (Å²) in [6.45, 7) is 4.35. The smallest absolute Gasteiger partial charge is 0.0670 e. The number of hydrogen-bond acceptors (Lipinski definition) is 3.